The van der Waals surface area contributed by atoms with Gasteiger partial charge in [0.25, 0.3) is 0 Å². The first-order chi connectivity index (χ1) is 12.2. The number of urea groups is 1. The number of amides is 3. The van der Waals surface area contributed by atoms with Crippen molar-refractivity contribution in [3.05, 3.63) is 0 Å². The van der Waals surface area contributed by atoms with Gasteiger partial charge >= 0.3 is 6.03 Å². The molecule has 3 rings (SSSR count). The van der Waals surface area contributed by atoms with E-state index in [4.69, 9.17) is 0 Å². The maximum atomic E-state index is 12.4. The molecule has 0 aromatic heterocycles. The Kier molecular flexibility index (Phi) is 8.95. The van der Waals surface area contributed by atoms with Gasteiger partial charge in [0.2, 0.25) is 5.91 Å². The molecule has 1 saturated carbocycles. The predicted molar refractivity (Wildman–Crippen MR) is 105 cm³/mol. The molecule has 0 unspecified atom stereocenters. The molecule has 3 amide bonds. The number of nitrogens with one attached hydrogen (secondary N) is 2. The van der Waals surface area contributed by atoms with E-state index in [0.29, 0.717) is 12.5 Å². The first-order valence-corrected chi connectivity index (χ1v) is 9.98. The minimum absolute atomic E-state index is 0. The zero-order valence-electron chi connectivity index (χ0n) is 15.8. The Balaban J connectivity index is 0.00000243. The standard InChI is InChI=1S/C18H33N5O2.ClH/c24-17(22-10-7-19-8-11-22)6-9-21-12-14-23(15-13-21)18(25)20-16-4-2-1-3-5-16;/h16,19H,1-15H2,(H,20,25);1H. The van der Waals surface area contributed by atoms with Gasteiger partial charge in [-0.25, -0.2) is 4.79 Å². The Bertz CT molecular complexity index is 445. The second kappa shape index (κ2) is 10.9. The molecule has 7 nitrogen and oxygen atoms in total. The summed E-state index contributed by atoms with van der Waals surface area (Å²) in [7, 11) is 0. The second-order valence-corrected chi connectivity index (χ2v) is 7.49. The highest BCUT2D eigenvalue weighted by molar-refractivity contribution is 5.85. The van der Waals surface area contributed by atoms with Crippen LogP contribution in [0.15, 0.2) is 0 Å². The summed E-state index contributed by atoms with van der Waals surface area (Å²) < 4.78 is 0. The monoisotopic (exact) mass is 387 g/mol. The van der Waals surface area contributed by atoms with Crippen molar-refractivity contribution in [2.24, 2.45) is 0 Å². The molecule has 0 spiro atoms. The molecule has 0 atom stereocenters. The van der Waals surface area contributed by atoms with E-state index in [-0.39, 0.29) is 24.3 Å². The third kappa shape index (κ3) is 6.28. The van der Waals surface area contributed by atoms with Gasteiger partial charge in [-0.05, 0) is 12.8 Å². The molecule has 0 radical (unpaired) electrons. The van der Waals surface area contributed by atoms with Gasteiger partial charge in [-0.2, -0.15) is 0 Å². The molecular formula is C18H34ClN5O2. The van der Waals surface area contributed by atoms with Crippen LogP contribution in [-0.2, 0) is 4.79 Å². The number of carbonyl (C=O) groups is 2. The number of halogens is 1. The molecule has 0 bridgehead atoms. The van der Waals surface area contributed by atoms with E-state index >= 15 is 0 Å². The third-order valence-corrected chi connectivity index (χ3v) is 5.70. The molecule has 26 heavy (non-hydrogen) atoms. The van der Waals surface area contributed by atoms with Crippen molar-refractivity contribution in [1.82, 2.24) is 25.3 Å². The average Bonchev–Trinajstić information content (AvgIpc) is 2.68. The molecular weight excluding hydrogens is 354 g/mol. The summed E-state index contributed by atoms with van der Waals surface area (Å²) in [5, 5.41) is 6.47. The van der Waals surface area contributed by atoms with Crippen molar-refractivity contribution in [2.45, 2.75) is 44.6 Å². The molecule has 1 aliphatic carbocycles. The summed E-state index contributed by atoms with van der Waals surface area (Å²) in [6.45, 7) is 7.53. The third-order valence-electron chi connectivity index (χ3n) is 5.70. The zero-order chi connectivity index (χ0) is 17.5. The van der Waals surface area contributed by atoms with Gasteiger partial charge < -0.3 is 20.4 Å². The van der Waals surface area contributed by atoms with Crippen molar-refractivity contribution in [3.8, 4) is 0 Å². The zero-order valence-corrected chi connectivity index (χ0v) is 16.6. The summed E-state index contributed by atoms with van der Waals surface area (Å²) >= 11 is 0. The Morgan fingerprint density at radius 1 is 0.885 bits per heavy atom. The topological polar surface area (TPSA) is 67.9 Å². The molecule has 0 aromatic rings. The summed E-state index contributed by atoms with van der Waals surface area (Å²) in [5.74, 6) is 0.263. The molecule has 0 aromatic carbocycles. The van der Waals surface area contributed by atoms with Crippen LogP contribution in [0.3, 0.4) is 0 Å². The van der Waals surface area contributed by atoms with Gasteiger partial charge in [0.15, 0.2) is 0 Å². The normalized spacial score (nSPS) is 22.6. The molecule has 150 valence electrons. The summed E-state index contributed by atoms with van der Waals surface area (Å²) in [4.78, 5) is 30.8. The van der Waals surface area contributed by atoms with Crippen LogP contribution in [0, 0.1) is 0 Å². The van der Waals surface area contributed by atoms with E-state index in [1.807, 2.05) is 9.80 Å². The Hall–Kier alpha value is -1.05. The van der Waals surface area contributed by atoms with Crippen LogP contribution in [0.2, 0.25) is 0 Å². The lowest BCUT2D eigenvalue weighted by Gasteiger charge is -2.36. The summed E-state index contributed by atoms with van der Waals surface area (Å²) in [6.07, 6.45) is 6.62. The highest BCUT2D eigenvalue weighted by atomic mass is 35.5. The van der Waals surface area contributed by atoms with Crippen LogP contribution in [0.1, 0.15) is 38.5 Å². The highest BCUT2D eigenvalue weighted by Crippen LogP contribution is 2.17. The number of hydrogen-bond acceptors (Lipinski definition) is 4. The van der Waals surface area contributed by atoms with E-state index in [2.05, 4.69) is 15.5 Å². The Morgan fingerprint density at radius 3 is 2.19 bits per heavy atom. The number of nitrogens with zero attached hydrogens (tertiary/aromatic N) is 3. The van der Waals surface area contributed by atoms with Gasteiger partial charge in [0.05, 0.1) is 0 Å². The van der Waals surface area contributed by atoms with Crippen LogP contribution in [-0.4, -0.2) is 91.6 Å². The lowest BCUT2D eigenvalue weighted by atomic mass is 9.96. The minimum atomic E-state index is 0. The fourth-order valence-corrected chi connectivity index (χ4v) is 4.01. The van der Waals surface area contributed by atoms with E-state index in [1.54, 1.807) is 0 Å². The quantitative estimate of drug-likeness (QED) is 0.751. The van der Waals surface area contributed by atoms with Crippen molar-refractivity contribution in [3.63, 3.8) is 0 Å². The Labute approximate surface area is 163 Å². The van der Waals surface area contributed by atoms with Gasteiger partial charge in [0.1, 0.15) is 0 Å². The number of piperazine rings is 2. The van der Waals surface area contributed by atoms with Crippen LogP contribution in [0.25, 0.3) is 0 Å². The number of hydrogen-bond donors (Lipinski definition) is 2. The van der Waals surface area contributed by atoms with E-state index in [1.165, 1.54) is 19.3 Å². The fourth-order valence-electron chi connectivity index (χ4n) is 4.01. The number of rotatable bonds is 4. The van der Waals surface area contributed by atoms with Gasteiger partial charge in [-0.3, -0.25) is 9.69 Å². The fraction of sp³-hybridized carbons (Fsp3) is 0.889. The molecule has 2 aliphatic heterocycles. The second-order valence-electron chi connectivity index (χ2n) is 7.49. The van der Waals surface area contributed by atoms with Crippen molar-refractivity contribution >= 4 is 24.3 Å². The SMILES string of the molecule is Cl.O=C(CCN1CCN(C(=O)NC2CCCCC2)CC1)N1CCNCC1. The maximum absolute atomic E-state index is 12.4. The van der Waals surface area contributed by atoms with Crippen LogP contribution in [0.4, 0.5) is 4.79 Å². The first kappa shape index (κ1) is 21.3. The molecule has 8 heteroatoms. The van der Waals surface area contributed by atoms with Crippen molar-refractivity contribution < 1.29 is 9.59 Å². The van der Waals surface area contributed by atoms with Gasteiger partial charge in [-0.15, -0.1) is 12.4 Å². The first-order valence-electron chi connectivity index (χ1n) is 9.98. The van der Waals surface area contributed by atoms with Crippen molar-refractivity contribution in [2.75, 3.05) is 58.9 Å². The Morgan fingerprint density at radius 2 is 1.54 bits per heavy atom. The number of carbonyl (C=O) groups excluding carboxylic acids is 2. The van der Waals surface area contributed by atoms with Crippen LogP contribution >= 0.6 is 12.4 Å². The minimum Gasteiger partial charge on any atom is -0.340 e. The largest absolute Gasteiger partial charge is 0.340 e. The molecule has 3 fully saturated rings. The smallest absolute Gasteiger partial charge is 0.317 e. The van der Waals surface area contributed by atoms with E-state index < -0.39 is 0 Å². The summed E-state index contributed by atoms with van der Waals surface area (Å²) in [5.41, 5.74) is 0. The molecule has 2 saturated heterocycles. The average molecular weight is 388 g/mol. The van der Waals surface area contributed by atoms with E-state index in [9.17, 15) is 9.59 Å². The molecule has 3 aliphatic rings. The predicted octanol–water partition coefficient (Wildman–Crippen LogP) is 0.890. The van der Waals surface area contributed by atoms with Gasteiger partial charge in [-0.1, -0.05) is 19.3 Å². The van der Waals surface area contributed by atoms with Crippen LogP contribution < -0.4 is 10.6 Å². The van der Waals surface area contributed by atoms with Crippen molar-refractivity contribution in [1.29, 1.82) is 0 Å². The van der Waals surface area contributed by atoms with Crippen LogP contribution in [0.5, 0.6) is 0 Å². The maximum Gasteiger partial charge on any atom is 0.317 e. The summed E-state index contributed by atoms with van der Waals surface area (Å²) in [6, 6.07) is 0.472. The molecule has 2 heterocycles. The van der Waals surface area contributed by atoms with Gasteiger partial charge in [0, 0.05) is 71.4 Å². The lowest BCUT2D eigenvalue weighted by molar-refractivity contribution is -0.132. The van der Waals surface area contributed by atoms with E-state index in [0.717, 1.165) is 71.7 Å². The highest BCUT2D eigenvalue weighted by Gasteiger charge is 2.24. The molecule has 2 N–H and O–H groups in total. The lowest BCUT2D eigenvalue weighted by Crippen LogP contribution is -2.54.